The first kappa shape index (κ1) is 29.5. The molecule has 2 aromatic rings. The van der Waals surface area contributed by atoms with Crippen LogP contribution in [0.1, 0.15) is 77.3 Å². The SMILES string of the molecule is Cc1ccc2nn([C@H]3C[C@H]4C(=O)N[C@@]5(C(=O)O)C[C@@H]5/C=C\CCCCC[C@@H](NC(=O)OC(C)(C)C)C(=O)N4C3)nc2c1. The van der Waals surface area contributed by atoms with Gasteiger partial charge >= 0.3 is 12.1 Å². The van der Waals surface area contributed by atoms with Crippen LogP contribution in [0.15, 0.2) is 30.4 Å². The van der Waals surface area contributed by atoms with Crippen LogP contribution < -0.4 is 10.6 Å². The minimum absolute atomic E-state index is 0.132. The van der Waals surface area contributed by atoms with E-state index >= 15 is 0 Å². The number of aromatic nitrogens is 3. The molecule has 5 rings (SSSR count). The predicted octanol–water partition coefficient (Wildman–Crippen LogP) is 3.25. The van der Waals surface area contributed by atoms with E-state index in [2.05, 4.69) is 20.8 Å². The van der Waals surface area contributed by atoms with E-state index < -0.39 is 53.1 Å². The molecule has 2 aliphatic heterocycles. The van der Waals surface area contributed by atoms with E-state index in [-0.39, 0.29) is 18.9 Å². The number of allylic oxidation sites excluding steroid dienone is 1. The van der Waals surface area contributed by atoms with E-state index in [1.807, 2.05) is 37.3 Å². The van der Waals surface area contributed by atoms with Gasteiger partial charge in [0.15, 0.2) is 0 Å². The molecule has 5 atom stereocenters. The number of aryl methyl sites for hydroxylation is 1. The van der Waals surface area contributed by atoms with Crippen LogP contribution in [-0.2, 0) is 19.1 Å². The minimum Gasteiger partial charge on any atom is -0.479 e. The Kier molecular flexibility index (Phi) is 8.00. The number of carbonyl (C=O) groups excluding carboxylic acids is 3. The Morgan fingerprint density at radius 2 is 1.90 bits per heavy atom. The van der Waals surface area contributed by atoms with Crippen LogP contribution in [-0.4, -0.2) is 78.6 Å². The predicted molar refractivity (Wildman–Crippen MR) is 153 cm³/mol. The van der Waals surface area contributed by atoms with Crippen LogP contribution in [0, 0.1) is 12.8 Å². The molecule has 42 heavy (non-hydrogen) atoms. The van der Waals surface area contributed by atoms with Crippen LogP contribution in [0.25, 0.3) is 11.0 Å². The first-order valence-electron chi connectivity index (χ1n) is 14.7. The lowest BCUT2D eigenvalue weighted by molar-refractivity contribution is -0.145. The third-order valence-corrected chi connectivity index (χ3v) is 8.21. The van der Waals surface area contributed by atoms with E-state index in [1.54, 1.807) is 25.6 Å². The molecule has 3 aliphatic rings. The van der Waals surface area contributed by atoms with Gasteiger partial charge in [-0.2, -0.15) is 15.0 Å². The number of hydrogen-bond acceptors (Lipinski definition) is 7. The Morgan fingerprint density at radius 3 is 2.64 bits per heavy atom. The van der Waals surface area contributed by atoms with Gasteiger partial charge in [-0.25, -0.2) is 9.59 Å². The molecule has 1 aromatic carbocycles. The molecule has 3 N–H and O–H groups in total. The Balaban J connectivity index is 1.46. The normalized spacial score (nSPS) is 29.5. The van der Waals surface area contributed by atoms with Crippen LogP contribution in [0.5, 0.6) is 0 Å². The number of fused-ring (bicyclic) bond motifs is 3. The van der Waals surface area contributed by atoms with Crippen molar-refractivity contribution in [1.29, 1.82) is 0 Å². The molecule has 0 radical (unpaired) electrons. The van der Waals surface area contributed by atoms with Gasteiger partial charge in [-0.3, -0.25) is 9.59 Å². The molecule has 0 bridgehead atoms. The van der Waals surface area contributed by atoms with Crippen molar-refractivity contribution in [1.82, 2.24) is 30.5 Å². The van der Waals surface area contributed by atoms with Crippen molar-refractivity contribution < 1.29 is 29.0 Å². The third kappa shape index (κ3) is 6.27. The molecule has 0 spiro atoms. The van der Waals surface area contributed by atoms with Gasteiger partial charge in [-0.05, 0) is 71.1 Å². The fourth-order valence-corrected chi connectivity index (χ4v) is 5.90. The van der Waals surface area contributed by atoms with Crippen molar-refractivity contribution >= 4 is 34.9 Å². The van der Waals surface area contributed by atoms with Gasteiger partial charge in [0.2, 0.25) is 11.8 Å². The van der Waals surface area contributed by atoms with Crippen LogP contribution >= 0.6 is 0 Å². The summed E-state index contributed by atoms with van der Waals surface area (Å²) in [5, 5.41) is 24.8. The largest absolute Gasteiger partial charge is 0.479 e. The smallest absolute Gasteiger partial charge is 0.408 e. The maximum absolute atomic E-state index is 14.1. The lowest BCUT2D eigenvalue weighted by atomic mass is 10.0. The number of nitrogens with zero attached hydrogens (tertiary/aromatic N) is 4. The van der Waals surface area contributed by atoms with Crippen molar-refractivity contribution in [2.45, 2.75) is 102 Å². The van der Waals surface area contributed by atoms with Gasteiger partial charge in [0.25, 0.3) is 0 Å². The average Bonchev–Trinajstić information content (AvgIpc) is 3.22. The number of benzene rings is 1. The Labute approximate surface area is 244 Å². The first-order valence-corrected chi connectivity index (χ1v) is 14.7. The van der Waals surface area contributed by atoms with Gasteiger partial charge in [-0.1, -0.05) is 31.1 Å². The molecular weight excluding hydrogens is 540 g/mol. The molecule has 12 heteroatoms. The summed E-state index contributed by atoms with van der Waals surface area (Å²) in [5.74, 6) is -2.36. The monoisotopic (exact) mass is 580 g/mol. The number of ether oxygens (including phenoxy) is 1. The summed E-state index contributed by atoms with van der Waals surface area (Å²) in [6.45, 7) is 7.33. The molecule has 1 saturated heterocycles. The zero-order valence-corrected chi connectivity index (χ0v) is 24.6. The van der Waals surface area contributed by atoms with Gasteiger partial charge < -0.3 is 25.4 Å². The fraction of sp³-hybridized carbons (Fsp3) is 0.600. The molecule has 2 fully saturated rings. The highest BCUT2D eigenvalue weighted by atomic mass is 16.6. The first-order chi connectivity index (χ1) is 19.9. The molecule has 0 unspecified atom stereocenters. The molecule has 3 amide bonds. The number of carboxylic acids is 1. The highest BCUT2D eigenvalue weighted by molar-refractivity contribution is 5.96. The number of aliphatic carboxylic acids is 1. The molecule has 1 saturated carbocycles. The summed E-state index contributed by atoms with van der Waals surface area (Å²) in [6.07, 6.45) is 7.14. The zero-order chi connectivity index (χ0) is 30.2. The maximum Gasteiger partial charge on any atom is 0.408 e. The summed E-state index contributed by atoms with van der Waals surface area (Å²) < 4.78 is 5.44. The van der Waals surface area contributed by atoms with Crippen molar-refractivity contribution in [3.8, 4) is 0 Å². The number of hydrogen-bond donors (Lipinski definition) is 3. The van der Waals surface area contributed by atoms with E-state index in [0.717, 1.165) is 24.8 Å². The number of amides is 3. The van der Waals surface area contributed by atoms with Crippen molar-refractivity contribution in [3.63, 3.8) is 0 Å². The van der Waals surface area contributed by atoms with Gasteiger partial charge in [0, 0.05) is 18.9 Å². The maximum atomic E-state index is 14.1. The van der Waals surface area contributed by atoms with E-state index in [1.165, 1.54) is 4.90 Å². The lowest BCUT2D eigenvalue weighted by Gasteiger charge is -2.30. The Morgan fingerprint density at radius 1 is 1.14 bits per heavy atom. The number of carboxylic acid groups (broad SMARTS) is 1. The van der Waals surface area contributed by atoms with Crippen LogP contribution in [0.4, 0.5) is 4.79 Å². The molecule has 1 aromatic heterocycles. The molecule has 12 nitrogen and oxygen atoms in total. The lowest BCUT2D eigenvalue weighted by Crippen LogP contribution is -2.56. The average molecular weight is 581 g/mol. The van der Waals surface area contributed by atoms with Gasteiger partial charge in [0.05, 0.1) is 6.04 Å². The highest BCUT2D eigenvalue weighted by Crippen LogP contribution is 2.45. The third-order valence-electron chi connectivity index (χ3n) is 8.21. The summed E-state index contributed by atoms with van der Waals surface area (Å²) >= 11 is 0. The number of alkyl carbamates (subject to hydrolysis) is 1. The standard InChI is InChI=1S/C30H40N6O6/c1-18-12-13-21-23(14-18)34-36(33-21)20-15-24-25(37)32-30(27(39)40)16-19(30)10-8-6-5-7-9-11-22(26(38)35(24)17-20)31-28(41)42-29(2,3)4/h8,10,12-14,19-20,22,24H,5-7,9,11,15-17H2,1-4H3,(H,31,41)(H,32,37)(H,39,40)/b10-8-/t19-,20-,22+,24-,30-/m0/s1. The summed E-state index contributed by atoms with van der Waals surface area (Å²) in [5.41, 5.74) is 0.287. The topological polar surface area (TPSA) is 156 Å². The van der Waals surface area contributed by atoms with Crippen LogP contribution in [0.2, 0.25) is 0 Å². The second-order valence-corrected chi connectivity index (χ2v) is 12.7. The number of nitrogens with one attached hydrogen (secondary N) is 2. The quantitative estimate of drug-likeness (QED) is 0.467. The zero-order valence-electron chi connectivity index (χ0n) is 24.6. The minimum atomic E-state index is -1.40. The molecule has 3 heterocycles. The number of rotatable bonds is 3. The van der Waals surface area contributed by atoms with Crippen molar-refractivity contribution in [3.05, 3.63) is 35.9 Å². The Hall–Kier alpha value is -3.96. The van der Waals surface area contributed by atoms with Gasteiger partial charge in [-0.15, -0.1) is 0 Å². The summed E-state index contributed by atoms with van der Waals surface area (Å²) in [4.78, 5) is 55.9. The second-order valence-electron chi connectivity index (χ2n) is 12.7. The van der Waals surface area contributed by atoms with Crippen LogP contribution in [0.3, 0.4) is 0 Å². The highest BCUT2D eigenvalue weighted by Gasteiger charge is 2.61. The fourth-order valence-electron chi connectivity index (χ4n) is 5.90. The van der Waals surface area contributed by atoms with E-state index in [4.69, 9.17) is 4.74 Å². The molecule has 1 aliphatic carbocycles. The summed E-state index contributed by atoms with van der Waals surface area (Å²) in [7, 11) is 0. The second kappa shape index (κ2) is 11.4. The van der Waals surface area contributed by atoms with Crippen molar-refractivity contribution in [2.75, 3.05) is 6.54 Å². The van der Waals surface area contributed by atoms with E-state index in [9.17, 15) is 24.3 Å². The Bertz CT molecular complexity index is 1410. The summed E-state index contributed by atoms with van der Waals surface area (Å²) in [6, 6.07) is 3.43. The molecular formula is C30H40N6O6. The molecule has 226 valence electrons. The number of carbonyl (C=O) groups is 4. The van der Waals surface area contributed by atoms with E-state index in [0.29, 0.717) is 30.3 Å². The van der Waals surface area contributed by atoms with Gasteiger partial charge in [0.1, 0.15) is 34.3 Å². The van der Waals surface area contributed by atoms with Crippen molar-refractivity contribution in [2.24, 2.45) is 5.92 Å².